The van der Waals surface area contributed by atoms with Gasteiger partial charge in [-0.3, -0.25) is 14.5 Å². The molecule has 0 radical (unpaired) electrons. The van der Waals surface area contributed by atoms with Gasteiger partial charge >= 0.3 is 0 Å². The van der Waals surface area contributed by atoms with E-state index in [-0.39, 0.29) is 16.9 Å². The highest BCUT2D eigenvalue weighted by Gasteiger charge is 2.29. The van der Waals surface area contributed by atoms with Crippen LogP contribution in [-0.2, 0) is 11.3 Å². The molecule has 1 saturated heterocycles. The number of nitrogens with one attached hydrogen (secondary N) is 1. The van der Waals surface area contributed by atoms with Crippen LogP contribution < -0.4 is 5.56 Å². The van der Waals surface area contributed by atoms with Crippen molar-refractivity contribution in [3.63, 3.8) is 0 Å². The number of aromatic amines is 1. The van der Waals surface area contributed by atoms with Crippen LogP contribution in [0, 0.1) is 5.41 Å². The molecule has 0 aromatic carbocycles. The normalized spacial score (nSPS) is 17.2. The molecule has 0 spiro atoms. The zero-order valence-electron chi connectivity index (χ0n) is 12.5. The Balaban J connectivity index is 1.87. The monoisotopic (exact) mass is 277 g/mol. The van der Waals surface area contributed by atoms with Gasteiger partial charge in [0.1, 0.15) is 0 Å². The first-order valence-electron chi connectivity index (χ1n) is 7.05. The average molecular weight is 277 g/mol. The third-order valence-corrected chi connectivity index (χ3v) is 3.56. The second-order valence-corrected chi connectivity index (χ2v) is 6.38. The summed E-state index contributed by atoms with van der Waals surface area (Å²) in [6.45, 7) is 10.0. The molecule has 110 valence electrons. The van der Waals surface area contributed by atoms with Gasteiger partial charge in [0.25, 0.3) is 0 Å². The van der Waals surface area contributed by atoms with E-state index in [4.69, 9.17) is 0 Å². The lowest BCUT2D eigenvalue weighted by Crippen LogP contribution is -2.51. The number of nitrogens with zero attached hydrogens (tertiary/aromatic N) is 2. The topological polar surface area (TPSA) is 56.4 Å². The van der Waals surface area contributed by atoms with E-state index in [2.05, 4.69) is 9.88 Å². The number of carbonyl (C=O) groups is 1. The maximum absolute atomic E-state index is 12.2. The Morgan fingerprint density at radius 3 is 2.35 bits per heavy atom. The molecule has 0 aliphatic carbocycles. The summed E-state index contributed by atoms with van der Waals surface area (Å²) < 4.78 is 0. The van der Waals surface area contributed by atoms with Crippen molar-refractivity contribution >= 4 is 5.91 Å². The fourth-order valence-corrected chi connectivity index (χ4v) is 2.38. The number of carbonyl (C=O) groups excluding carboxylic acids is 1. The summed E-state index contributed by atoms with van der Waals surface area (Å²) in [5, 5.41) is 0. The molecule has 0 saturated carbocycles. The van der Waals surface area contributed by atoms with Gasteiger partial charge < -0.3 is 9.88 Å². The molecule has 2 heterocycles. The maximum atomic E-state index is 12.2. The van der Waals surface area contributed by atoms with Crippen molar-refractivity contribution < 1.29 is 4.79 Å². The average Bonchev–Trinajstić information content (AvgIpc) is 2.40. The SMILES string of the molecule is CC(C)(C)C(=O)N1CCN(Cc2ccc(=O)[nH]c2)CC1. The molecule has 1 amide bonds. The lowest BCUT2D eigenvalue weighted by Gasteiger charge is -2.37. The second kappa shape index (κ2) is 5.79. The first-order valence-corrected chi connectivity index (χ1v) is 7.05. The molecule has 0 bridgehead atoms. The third kappa shape index (κ3) is 3.70. The van der Waals surface area contributed by atoms with E-state index < -0.39 is 0 Å². The van der Waals surface area contributed by atoms with E-state index in [1.54, 1.807) is 12.3 Å². The minimum Gasteiger partial charge on any atom is -0.340 e. The van der Waals surface area contributed by atoms with Crippen LogP contribution in [0.15, 0.2) is 23.1 Å². The van der Waals surface area contributed by atoms with Crippen LogP contribution in [0.4, 0.5) is 0 Å². The summed E-state index contributed by atoms with van der Waals surface area (Å²) in [4.78, 5) is 30.1. The zero-order chi connectivity index (χ0) is 14.8. The van der Waals surface area contributed by atoms with Gasteiger partial charge in [0, 0.05) is 50.4 Å². The number of hydrogen-bond donors (Lipinski definition) is 1. The standard InChI is InChI=1S/C15H23N3O2/c1-15(2,3)14(20)18-8-6-17(7-9-18)11-12-4-5-13(19)16-10-12/h4-5,10H,6-9,11H2,1-3H3,(H,16,19). The van der Waals surface area contributed by atoms with Gasteiger partial charge in [0.2, 0.25) is 11.5 Å². The summed E-state index contributed by atoms with van der Waals surface area (Å²) in [5.74, 6) is 0.223. The molecule has 0 unspecified atom stereocenters. The summed E-state index contributed by atoms with van der Waals surface area (Å²) in [6.07, 6.45) is 1.76. The van der Waals surface area contributed by atoms with Gasteiger partial charge in [0.05, 0.1) is 0 Å². The summed E-state index contributed by atoms with van der Waals surface area (Å²) in [7, 11) is 0. The van der Waals surface area contributed by atoms with Crippen molar-refractivity contribution in [3.8, 4) is 0 Å². The first kappa shape index (κ1) is 14.8. The number of aromatic nitrogens is 1. The molecule has 1 aromatic heterocycles. The number of piperazine rings is 1. The van der Waals surface area contributed by atoms with Crippen molar-refractivity contribution in [2.75, 3.05) is 26.2 Å². The van der Waals surface area contributed by atoms with Crippen LogP contribution in [-0.4, -0.2) is 46.9 Å². The number of hydrogen-bond acceptors (Lipinski definition) is 3. The van der Waals surface area contributed by atoms with Crippen LogP contribution in [0.5, 0.6) is 0 Å². The molecule has 0 atom stereocenters. The highest BCUT2D eigenvalue weighted by atomic mass is 16.2. The van der Waals surface area contributed by atoms with Gasteiger partial charge in [-0.15, -0.1) is 0 Å². The van der Waals surface area contributed by atoms with Crippen LogP contribution >= 0.6 is 0 Å². The van der Waals surface area contributed by atoms with E-state index in [9.17, 15) is 9.59 Å². The number of H-pyrrole nitrogens is 1. The summed E-state index contributed by atoms with van der Waals surface area (Å²) in [5.41, 5.74) is 0.718. The van der Waals surface area contributed by atoms with E-state index in [0.29, 0.717) is 0 Å². The Morgan fingerprint density at radius 1 is 1.20 bits per heavy atom. The van der Waals surface area contributed by atoms with Crippen LogP contribution in [0.2, 0.25) is 0 Å². The Labute approximate surface area is 119 Å². The van der Waals surface area contributed by atoms with Gasteiger partial charge in [-0.25, -0.2) is 0 Å². The Kier molecular flexibility index (Phi) is 4.28. The second-order valence-electron chi connectivity index (χ2n) is 6.38. The predicted octanol–water partition coefficient (Wildman–Crippen LogP) is 1.07. The van der Waals surface area contributed by atoms with E-state index in [1.807, 2.05) is 31.7 Å². The lowest BCUT2D eigenvalue weighted by molar-refractivity contribution is -0.141. The molecule has 20 heavy (non-hydrogen) atoms. The van der Waals surface area contributed by atoms with E-state index in [0.717, 1.165) is 38.3 Å². The Hall–Kier alpha value is -1.62. The molecule has 1 aliphatic rings. The molecule has 1 aliphatic heterocycles. The number of rotatable bonds is 2. The van der Waals surface area contributed by atoms with Crippen molar-refractivity contribution in [2.45, 2.75) is 27.3 Å². The smallest absolute Gasteiger partial charge is 0.247 e. The molecule has 2 rings (SSSR count). The van der Waals surface area contributed by atoms with E-state index in [1.165, 1.54) is 0 Å². The van der Waals surface area contributed by atoms with Gasteiger partial charge in [-0.1, -0.05) is 26.8 Å². The largest absolute Gasteiger partial charge is 0.340 e. The van der Waals surface area contributed by atoms with Crippen molar-refractivity contribution in [3.05, 3.63) is 34.2 Å². The molecule has 5 nitrogen and oxygen atoms in total. The molecule has 1 aromatic rings. The van der Waals surface area contributed by atoms with Crippen LogP contribution in [0.1, 0.15) is 26.3 Å². The first-order chi connectivity index (χ1) is 9.36. The van der Waals surface area contributed by atoms with Gasteiger partial charge in [0.15, 0.2) is 0 Å². The molecular weight excluding hydrogens is 254 g/mol. The number of amides is 1. The zero-order valence-corrected chi connectivity index (χ0v) is 12.5. The summed E-state index contributed by atoms with van der Waals surface area (Å²) >= 11 is 0. The summed E-state index contributed by atoms with van der Waals surface area (Å²) in [6, 6.07) is 3.40. The Morgan fingerprint density at radius 2 is 1.85 bits per heavy atom. The van der Waals surface area contributed by atoms with Gasteiger partial charge in [-0.05, 0) is 5.56 Å². The fourth-order valence-electron chi connectivity index (χ4n) is 2.38. The molecule has 5 heteroatoms. The molecular formula is C15H23N3O2. The maximum Gasteiger partial charge on any atom is 0.247 e. The van der Waals surface area contributed by atoms with E-state index >= 15 is 0 Å². The quantitative estimate of drug-likeness (QED) is 0.879. The van der Waals surface area contributed by atoms with Crippen molar-refractivity contribution in [2.24, 2.45) is 5.41 Å². The number of pyridine rings is 1. The Bertz CT molecular complexity index is 502. The van der Waals surface area contributed by atoms with Gasteiger partial charge in [-0.2, -0.15) is 0 Å². The molecule has 1 fully saturated rings. The third-order valence-electron chi connectivity index (χ3n) is 3.56. The highest BCUT2D eigenvalue weighted by molar-refractivity contribution is 5.81. The van der Waals surface area contributed by atoms with Crippen LogP contribution in [0.3, 0.4) is 0 Å². The fraction of sp³-hybridized carbons (Fsp3) is 0.600. The van der Waals surface area contributed by atoms with Crippen molar-refractivity contribution in [1.82, 2.24) is 14.8 Å². The lowest BCUT2D eigenvalue weighted by atomic mass is 9.94. The van der Waals surface area contributed by atoms with Crippen LogP contribution in [0.25, 0.3) is 0 Å². The molecule has 1 N–H and O–H groups in total. The highest BCUT2D eigenvalue weighted by Crippen LogP contribution is 2.19. The predicted molar refractivity (Wildman–Crippen MR) is 78.4 cm³/mol. The minimum absolute atomic E-state index is 0.0747. The van der Waals surface area contributed by atoms with Crippen molar-refractivity contribution in [1.29, 1.82) is 0 Å². The minimum atomic E-state index is -0.304.